The summed E-state index contributed by atoms with van der Waals surface area (Å²) < 4.78 is 6.11. The zero-order valence-corrected chi connectivity index (χ0v) is 19.8. The topological polar surface area (TPSA) is 120 Å². The summed E-state index contributed by atoms with van der Waals surface area (Å²) in [7, 11) is 1.79. The van der Waals surface area contributed by atoms with Crippen LogP contribution in [-0.4, -0.2) is 49.0 Å². The molecule has 0 bridgehead atoms. The Labute approximate surface area is 201 Å². The molecular formula is C27H35N5O2. The predicted octanol–water partition coefficient (Wildman–Crippen LogP) is 3.06. The van der Waals surface area contributed by atoms with Gasteiger partial charge in [-0.3, -0.25) is 9.79 Å². The van der Waals surface area contributed by atoms with Crippen molar-refractivity contribution in [1.82, 2.24) is 4.90 Å². The molecule has 0 fully saturated rings. The van der Waals surface area contributed by atoms with E-state index >= 15 is 0 Å². The third-order valence-corrected chi connectivity index (χ3v) is 5.95. The van der Waals surface area contributed by atoms with Crippen LogP contribution in [0.1, 0.15) is 24.8 Å². The van der Waals surface area contributed by atoms with Crippen molar-refractivity contribution in [1.29, 1.82) is 0 Å². The van der Waals surface area contributed by atoms with Crippen molar-refractivity contribution in [3.63, 3.8) is 0 Å². The third-order valence-electron chi connectivity index (χ3n) is 5.95. The van der Waals surface area contributed by atoms with E-state index in [0.717, 1.165) is 29.4 Å². The first-order chi connectivity index (χ1) is 16.4. The van der Waals surface area contributed by atoms with E-state index in [1.54, 1.807) is 11.9 Å². The first-order valence-electron chi connectivity index (χ1n) is 11.7. The minimum absolute atomic E-state index is 0.0660. The molecule has 3 aromatic carbocycles. The van der Waals surface area contributed by atoms with Crippen molar-refractivity contribution in [2.45, 2.75) is 37.8 Å². The molecule has 0 radical (unpaired) electrons. The maximum absolute atomic E-state index is 13.1. The van der Waals surface area contributed by atoms with Crippen molar-refractivity contribution in [3.05, 3.63) is 78.4 Å². The number of fused-ring (bicyclic) bond motifs is 1. The Morgan fingerprint density at radius 2 is 1.68 bits per heavy atom. The number of aryl methyl sites for hydroxylation is 1. The second-order valence-electron chi connectivity index (χ2n) is 8.50. The summed E-state index contributed by atoms with van der Waals surface area (Å²) in [6.07, 6.45) is 2.75. The molecular weight excluding hydrogens is 426 g/mol. The average molecular weight is 462 g/mol. The highest BCUT2D eigenvalue weighted by Crippen LogP contribution is 2.21. The lowest BCUT2D eigenvalue weighted by Crippen LogP contribution is -2.48. The fourth-order valence-corrected chi connectivity index (χ4v) is 3.91. The van der Waals surface area contributed by atoms with E-state index in [0.29, 0.717) is 26.0 Å². The van der Waals surface area contributed by atoms with Gasteiger partial charge in [0.1, 0.15) is 12.4 Å². The Bertz CT molecular complexity index is 1080. The summed E-state index contributed by atoms with van der Waals surface area (Å²) in [4.78, 5) is 18.9. The van der Waals surface area contributed by atoms with Crippen LogP contribution in [0.3, 0.4) is 0 Å². The molecule has 2 atom stereocenters. The number of carbonyl (C=O) groups excluding carboxylic acids is 1. The molecule has 1 amide bonds. The van der Waals surface area contributed by atoms with E-state index in [1.807, 2.05) is 60.7 Å². The van der Waals surface area contributed by atoms with Gasteiger partial charge in [-0.25, -0.2) is 0 Å². The lowest BCUT2D eigenvalue weighted by Gasteiger charge is -2.30. The molecule has 0 saturated heterocycles. The second kappa shape index (κ2) is 12.6. The number of hydrogen-bond donors (Lipinski definition) is 3. The van der Waals surface area contributed by atoms with Crippen LogP contribution < -0.4 is 21.9 Å². The Morgan fingerprint density at radius 3 is 2.41 bits per heavy atom. The molecule has 6 N–H and O–H groups in total. The zero-order chi connectivity index (χ0) is 24.3. The normalized spacial score (nSPS) is 12.6. The van der Waals surface area contributed by atoms with Crippen LogP contribution in [0.25, 0.3) is 10.8 Å². The van der Waals surface area contributed by atoms with Gasteiger partial charge in [0, 0.05) is 13.6 Å². The molecule has 0 aliphatic rings. The third kappa shape index (κ3) is 7.49. The summed E-state index contributed by atoms with van der Waals surface area (Å²) in [5, 5.41) is 2.26. The van der Waals surface area contributed by atoms with Crippen LogP contribution in [-0.2, 0) is 11.2 Å². The van der Waals surface area contributed by atoms with Crippen molar-refractivity contribution < 1.29 is 9.53 Å². The number of likely N-dealkylation sites (N-methyl/N-ethyl adjacent to an activating group) is 1. The highest BCUT2D eigenvalue weighted by Gasteiger charge is 2.25. The van der Waals surface area contributed by atoms with E-state index in [9.17, 15) is 4.79 Å². The highest BCUT2D eigenvalue weighted by atomic mass is 16.5. The van der Waals surface area contributed by atoms with E-state index in [2.05, 4.69) is 17.1 Å². The van der Waals surface area contributed by atoms with E-state index in [-0.39, 0.29) is 17.9 Å². The highest BCUT2D eigenvalue weighted by molar-refractivity contribution is 5.84. The number of guanidine groups is 1. The first kappa shape index (κ1) is 25.1. The molecule has 0 aliphatic heterocycles. The second-order valence-corrected chi connectivity index (χ2v) is 8.50. The Morgan fingerprint density at radius 1 is 0.971 bits per heavy atom. The Balaban J connectivity index is 1.63. The predicted molar refractivity (Wildman–Crippen MR) is 139 cm³/mol. The lowest BCUT2D eigenvalue weighted by atomic mass is 10.0. The van der Waals surface area contributed by atoms with Crippen LogP contribution in [0.2, 0.25) is 0 Å². The van der Waals surface area contributed by atoms with Gasteiger partial charge in [-0.15, -0.1) is 0 Å². The first-order valence-corrected chi connectivity index (χ1v) is 11.7. The number of nitrogens with zero attached hydrogens (tertiary/aromatic N) is 2. The van der Waals surface area contributed by atoms with Gasteiger partial charge < -0.3 is 26.8 Å². The van der Waals surface area contributed by atoms with Gasteiger partial charge in [-0.2, -0.15) is 0 Å². The van der Waals surface area contributed by atoms with E-state index in [1.165, 1.54) is 5.56 Å². The van der Waals surface area contributed by atoms with Crippen LogP contribution in [0.15, 0.2) is 77.8 Å². The molecule has 34 heavy (non-hydrogen) atoms. The molecule has 0 aliphatic carbocycles. The molecule has 3 rings (SSSR count). The molecule has 0 spiro atoms. The minimum Gasteiger partial charge on any atom is -0.491 e. The van der Waals surface area contributed by atoms with Crippen molar-refractivity contribution >= 4 is 22.6 Å². The fraction of sp³-hybridized carbons (Fsp3) is 0.333. The van der Waals surface area contributed by atoms with Crippen molar-refractivity contribution in [3.8, 4) is 5.75 Å². The largest absolute Gasteiger partial charge is 0.491 e. The summed E-state index contributed by atoms with van der Waals surface area (Å²) in [6, 6.07) is 23.4. The lowest BCUT2D eigenvalue weighted by molar-refractivity contribution is -0.134. The number of carbonyl (C=O) groups is 1. The fourth-order valence-electron chi connectivity index (χ4n) is 3.91. The summed E-state index contributed by atoms with van der Waals surface area (Å²) in [5.41, 5.74) is 18.3. The van der Waals surface area contributed by atoms with Gasteiger partial charge in [-0.1, -0.05) is 60.7 Å². The number of benzene rings is 3. The van der Waals surface area contributed by atoms with Gasteiger partial charge in [0.15, 0.2) is 5.96 Å². The van der Waals surface area contributed by atoms with Crippen molar-refractivity contribution in [2.75, 3.05) is 20.2 Å². The average Bonchev–Trinajstić information content (AvgIpc) is 2.86. The zero-order valence-electron chi connectivity index (χ0n) is 19.8. The monoisotopic (exact) mass is 461 g/mol. The standard InChI is InChI=1S/C27H35N5O2/c1-32(26(33)25(28)16-13-20-8-3-2-4-9-20)23(12-7-17-31-27(29)30)19-34-24-15-14-21-10-5-6-11-22(21)18-24/h2-6,8-11,14-15,18,23,25H,7,12-13,16-17,19,28H2,1H3,(H4,29,30,31)/t23-,25-/m0/s1. The molecule has 3 aromatic rings. The molecule has 0 aromatic heterocycles. The molecule has 180 valence electrons. The minimum atomic E-state index is -0.578. The molecule has 0 unspecified atom stereocenters. The van der Waals surface area contributed by atoms with Gasteiger partial charge in [0.05, 0.1) is 12.1 Å². The summed E-state index contributed by atoms with van der Waals surface area (Å²) in [5.74, 6) is 0.739. The van der Waals surface area contributed by atoms with Crippen LogP contribution in [0.5, 0.6) is 5.75 Å². The van der Waals surface area contributed by atoms with Crippen LogP contribution in [0.4, 0.5) is 0 Å². The number of ether oxygens (including phenoxy) is 1. The van der Waals surface area contributed by atoms with Gasteiger partial charge in [-0.05, 0) is 54.2 Å². The maximum atomic E-state index is 13.1. The van der Waals surface area contributed by atoms with Crippen molar-refractivity contribution in [2.24, 2.45) is 22.2 Å². The SMILES string of the molecule is CN(C(=O)[C@@H](N)CCc1ccccc1)[C@@H](CCCN=C(N)N)COc1ccc2ccccc2c1. The number of rotatable bonds is 12. The number of nitrogens with two attached hydrogens (primary N) is 3. The van der Waals surface area contributed by atoms with Gasteiger partial charge >= 0.3 is 0 Å². The Hall–Kier alpha value is -3.58. The smallest absolute Gasteiger partial charge is 0.239 e. The Kier molecular flexibility index (Phi) is 9.29. The summed E-state index contributed by atoms with van der Waals surface area (Å²) in [6.45, 7) is 0.852. The van der Waals surface area contributed by atoms with Crippen LogP contribution >= 0.6 is 0 Å². The maximum Gasteiger partial charge on any atom is 0.239 e. The number of hydrogen-bond acceptors (Lipinski definition) is 4. The number of amides is 1. The quantitative estimate of drug-likeness (QED) is 0.217. The van der Waals surface area contributed by atoms with Crippen LogP contribution in [0, 0.1) is 0 Å². The van der Waals surface area contributed by atoms with E-state index < -0.39 is 6.04 Å². The number of aliphatic imine (C=N–C) groups is 1. The molecule has 0 heterocycles. The van der Waals surface area contributed by atoms with Gasteiger partial charge in [0.25, 0.3) is 0 Å². The summed E-state index contributed by atoms with van der Waals surface area (Å²) >= 11 is 0. The molecule has 0 saturated carbocycles. The van der Waals surface area contributed by atoms with E-state index in [4.69, 9.17) is 21.9 Å². The molecule has 7 heteroatoms. The van der Waals surface area contributed by atoms with Gasteiger partial charge in [0.2, 0.25) is 5.91 Å². The molecule has 7 nitrogen and oxygen atoms in total.